The first-order valence-electron chi connectivity index (χ1n) is 9.13. The van der Waals surface area contributed by atoms with E-state index in [-0.39, 0.29) is 5.54 Å². The molecule has 20 heavy (non-hydrogen) atoms. The number of unbranched alkanes of at least 4 members (excludes halogenated alkanes) is 7. The van der Waals surface area contributed by atoms with Crippen molar-refractivity contribution in [3.8, 4) is 0 Å². The van der Waals surface area contributed by atoms with Crippen LogP contribution in [-0.2, 0) is 4.74 Å². The Bertz CT molecular complexity index is 209. The standard InChI is InChI=1S/C18H37NO/c1-2-3-4-5-6-7-10-13-16-20-17-18(19)14-11-8-9-12-15-18/h2-17,19H2,1H3. The van der Waals surface area contributed by atoms with Crippen LogP contribution in [0.1, 0.15) is 96.8 Å². The second kappa shape index (κ2) is 11.6. The number of hydrogen-bond donors (Lipinski definition) is 1. The monoisotopic (exact) mass is 283 g/mol. The fraction of sp³-hybridized carbons (Fsp3) is 1.00. The summed E-state index contributed by atoms with van der Waals surface area (Å²) in [5.74, 6) is 0. The summed E-state index contributed by atoms with van der Waals surface area (Å²) in [5, 5.41) is 0. The van der Waals surface area contributed by atoms with Crippen molar-refractivity contribution in [2.24, 2.45) is 5.73 Å². The molecule has 0 saturated heterocycles. The maximum absolute atomic E-state index is 6.44. The van der Waals surface area contributed by atoms with Crippen molar-refractivity contribution in [3.63, 3.8) is 0 Å². The lowest BCUT2D eigenvalue weighted by molar-refractivity contribution is 0.0752. The molecule has 0 bridgehead atoms. The van der Waals surface area contributed by atoms with Gasteiger partial charge in [0.1, 0.15) is 0 Å². The van der Waals surface area contributed by atoms with Crippen molar-refractivity contribution in [2.75, 3.05) is 13.2 Å². The Hall–Kier alpha value is -0.0800. The van der Waals surface area contributed by atoms with Crippen LogP contribution in [-0.4, -0.2) is 18.8 Å². The minimum atomic E-state index is -0.0172. The minimum absolute atomic E-state index is 0.0172. The Labute approximate surface area is 126 Å². The molecule has 0 aromatic carbocycles. The van der Waals surface area contributed by atoms with Gasteiger partial charge in [0.15, 0.2) is 0 Å². The van der Waals surface area contributed by atoms with Crippen molar-refractivity contribution >= 4 is 0 Å². The summed E-state index contributed by atoms with van der Waals surface area (Å²) in [6, 6.07) is 0. The van der Waals surface area contributed by atoms with Crippen LogP contribution in [0.15, 0.2) is 0 Å². The van der Waals surface area contributed by atoms with Gasteiger partial charge in [0.25, 0.3) is 0 Å². The predicted octanol–water partition coefficient (Wildman–Crippen LogP) is 5.20. The zero-order valence-electron chi connectivity index (χ0n) is 13.8. The first-order valence-corrected chi connectivity index (χ1v) is 9.13. The first-order chi connectivity index (χ1) is 9.77. The molecule has 0 aliphatic heterocycles. The molecule has 0 unspecified atom stereocenters. The maximum atomic E-state index is 6.44. The molecule has 0 aromatic heterocycles. The van der Waals surface area contributed by atoms with Gasteiger partial charge in [-0.25, -0.2) is 0 Å². The lowest BCUT2D eigenvalue weighted by Gasteiger charge is -2.27. The highest BCUT2D eigenvalue weighted by Crippen LogP contribution is 2.25. The third-order valence-corrected chi connectivity index (χ3v) is 4.63. The van der Waals surface area contributed by atoms with Crippen LogP contribution >= 0.6 is 0 Å². The number of ether oxygens (including phenoxy) is 1. The van der Waals surface area contributed by atoms with E-state index in [0.717, 1.165) is 26.1 Å². The Morgan fingerprint density at radius 1 is 0.800 bits per heavy atom. The van der Waals surface area contributed by atoms with Crippen molar-refractivity contribution in [1.29, 1.82) is 0 Å². The van der Waals surface area contributed by atoms with Crippen LogP contribution in [0, 0.1) is 0 Å². The van der Waals surface area contributed by atoms with Crippen LogP contribution in [0.4, 0.5) is 0 Å². The summed E-state index contributed by atoms with van der Waals surface area (Å²) < 4.78 is 5.85. The van der Waals surface area contributed by atoms with Crippen molar-refractivity contribution in [1.82, 2.24) is 0 Å². The van der Waals surface area contributed by atoms with Crippen molar-refractivity contribution < 1.29 is 4.74 Å². The topological polar surface area (TPSA) is 35.2 Å². The van der Waals surface area contributed by atoms with E-state index in [1.165, 1.54) is 77.0 Å². The molecule has 0 heterocycles. The molecule has 1 rings (SSSR count). The molecule has 120 valence electrons. The largest absolute Gasteiger partial charge is 0.380 e. The summed E-state index contributed by atoms with van der Waals surface area (Å²) >= 11 is 0. The highest BCUT2D eigenvalue weighted by molar-refractivity contribution is 4.85. The quantitative estimate of drug-likeness (QED) is 0.418. The van der Waals surface area contributed by atoms with Gasteiger partial charge in [-0.05, 0) is 19.3 Å². The Balaban J connectivity index is 1.88. The summed E-state index contributed by atoms with van der Waals surface area (Å²) in [6.45, 7) is 3.97. The molecule has 0 aromatic rings. The van der Waals surface area contributed by atoms with Gasteiger partial charge in [-0.15, -0.1) is 0 Å². The van der Waals surface area contributed by atoms with Crippen LogP contribution < -0.4 is 5.73 Å². The number of nitrogens with two attached hydrogens (primary N) is 1. The van der Waals surface area contributed by atoms with Gasteiger partial charge in [-0.1, -0.05) is 77.6 Å². The molecule has 2 heteroatoms. The molecule has 1 fully saturated rings. The van der Waals surface area contributed by atoms with Gasteiger partial charge in [0.05, 0.1) is 6.61 Å². The lowest BCUT2D eigenvalue weighted by Crippen LogP contribution is -2.44. The zero-order chi connectivity index (χ0) is 14.5. The van der Waals surface area contributed by atoms with E-state index in [4.69, 9.17) is 10.5 Å². The lowest BCUT2D eigenvalue weighted by atomic mass is 9.93. The molecule has 0 atom stereocenters. The molecule has 0 radical (unpaired) electrons. The average Bonchev–Trinajstić information content (AvgIpc) is 2.66. The molecule has 1 aliphatic rings. The van der Waals surface area contributed by atoms with E-state index < -0.39 is 0 Å². The fourth-order valence-electron chi connectivity index (χ4n) is 3.19. The fourth-order valence-corrected chi connectivity index (χ4v) is 3.19. The predicted molar refractivity (Wildman–Crippen MR) is 88.0 cm³/mol. The highest BCUT2D eigenvalue weighted by atomic mass is 16.5. The van der Waals surface area contributed by atoms with Crippen LogP contribution in [0.5, 0.6) is 0 Å². The smallest absolute Gasteiger partial charge is 0.0646 e. The van der Waals surface area contributed by atoms with E-state index in [0.29, 0.717) is 0 Å². The average molecular weight is 284 g/mol. The third kappa shape index (κ3) is 8.97. The van der Waals surface area contributed by atoms with E-state index >= 15 is 0 Å². The molecule has 2 nitrogen and oxygen atoms in total. The Kier molecular flexibility index (Phi) is 10.4. The van der Waals surface area contributed by atoms with Gasteiger partial charge < -0.3 is 10.5 Å². The molecule has 1 saturated carbocycles. The van der Waals surface area contributed by atoms with Gasteiger partial charge in [-0.2, -0.15) is 0 Å². The Morgan fingerprint density at radius 3 is 1.95 bits per heavy atom. The summed E-state index contributed by atoms with van der Waals surface area (Å²) in [5.41, 5.74) is 6.43. The summed E-state index contributed by atoms with van der Waals surface area (Å²) in [7, 11) is 0. The molecular weight excluding hydrogens is 246 g/mol. The van der Waals surface area contributed by atoms with Crippen molar-refractivity contribution in [2.45, 2.75) is 102 Å². The van der Waals surface area contributed by atoms with Gasteiger partial charge in [-0.3, -0.25) is 0 Å². The van der Waals surface area contributed by atoms with E-state index in [2.05, 4.69) is 6.92 Å². The number of hydrogen-bond acceptors (Lipinski definition) is 2. The zero-order valence-corrected chi connectivity index (χ0v) is 13.8. The first kappa shape index (κ1) is 18.0. The van der Waals surface area contributed by atoms with E-state index in [1.807, 2.05) is 0 Å². The molecular formula is C18H37NO. The van der Waals surface area contributed by atoms with Gasteiger partial charge in [0.2, 0.25) is 0 Å². The van der Waals surface area contributed by atoms with E-state index in [1.54, 1.807) is 0 Å². The number of rotatable bonds is 11. The van der Waals surface area contributed by atoms with Crippen LogP contribution in [0.2, 0.25) is 0 Å². The Morgan fingerprint density at radius 2 is 1.35 bits per heavy atom. The second-order valence-corrected chi connectivity index (χ2v) is 6.80. The summed E-state index contributed by atoms with van der Waals surface area (Å²) in [4.78, 5) is 0. The molecule has 0 amide bonds. The third-order valence-electron chi connectivity index (χ3n) is 4.63. The van der Waals surface area contributed by atoms with Crippen LogP contribution in [0.3, 0.4) is 0 Å². The normalized spacial score (nSPS) is 18.9. The van der Waals surface area contributed by atoms with Gasteiger partial charge >= 0.3 is 0 Å². The highest BCUT2D eigenvalue weighted by Gasteiger charge is 2.26. The van der Waals surface area contributed by atoms with Crippen molar-refractivity contribution in [3.05, 3.63) is 0 Å². The van der Waals surface area contributed by atoms with Crippen LogP contribution in [0.25, 0.3) is 0 Å². The molecule has 0 spiro atoms. The maximum Gasteiger partial charge on any atom is 0.0646 e. The minimum Gasteiger partial charge on any atom is -0.380 e. The summed E-state index contributed by atoms with van der Waals surface area (Å²) in [6.07, 6.45) is 18.5. The van der Waals surface area contributed by atoms with Gasteiger partial charge in [0, 0.05) is 12.1 Å². The molecule has 2 N–H and O–H groups in total. The van der Waals surface area contributed by atoms with E-state index in [9.17, 15) is 0 Å². The molecule has 1 aliphatic carbocycles. The SMILES string of the molecule is CCCCCCCCCCOCC1(N)CCCCCC1. The second-order valence-electron chi connectivity index (χ2n) is 6.80.